The number of aromatic nitrogens is 1. The van der Waals surface area contributed by atoms with E-state index in [0.29, 0.717) is 0 Å². The number of alkyl halides is 9. The molecule has 20 heteroatoms. The maximum absolute atomic E-state index is 10.6. The van der Waals surface area contributed by atoms with E-state index in [1.165, 1.54) is 70.1 Å². The van der Waals surface area contributed by atoms with Crippen molar-refractivity contribution in [2.45, 2.75) is 44.3 Å². The Morgan fingerprint density at radius 1 is 0.818 bits per heavy atom. The summed E-state index contributed by atoms with van der Waals surface area (Å²) < 4.78 is 95.2. The number of halogens is 9. The van der Waals surface area contributed by atoms with Crippen molar-refractivity contribution in [2.75, 3.05) is 52.9 Å². The summed E-state index contributed by atoms with van der Waals surface area (Å²) in [5.41, 5.74) is 0. The van der Waals surface area contributed by atoms with E-state index in [1.807, 2.05) is 6.20 Å². The van der Waals surface area contributed by atoms with Gasteiger partial charge >= 0.3 is 36.4 Å². The van der Waals surface area contributed by atoms with Gasteiger partial charge in [0.25, 0.3) is 0 Å². The first-order chi connectivity index (χ1) is 20.1. The third-order valence-electron chi connectivity index (χ3n) is 6.98. The van der Waals surface area contributed by atoms with E-state index in [1.54, 1.807) is 11.3 Å². The number of carbonyl (C=O) groups is 3. The molecule has 0 aromatic carbocycles. The second kappa shape index (κ2) is 17.1. The summed E-state index contributed by atoms with van der Waals surface area (Å²) in [6.45, 7) is 10.1. The third kappa shape index (κ3) is 14.8. The Hall–Kier alpha value is -2.71. The molecule has 2 aliphatic heterocycles. The molecule has 1 aromatic heterocycles. The summed E-state index contributed by atoms with van der Waals surface area (Å²) in [4.78, 5) is 39.0. The number of piperazine rings is 1. The highest BCUT2D eigenvalue weighted by Crippen LogP contribution is 2.41. The number of likely N-dealkylation sites (N-methyl/N-ethyl adjacent to an activating group) is 1. The Kier molecular flexibility index (Phi) is 15.3. The summed E-state index contributed by atoms with van der Waals surface area (Å²) in [5, 5.41) is 24.8. The lowest BCUT2D eigenvalue weighted by Crippen LogP contribution is -2.47. The fourth-order valence-corrected chi connectivity index (χ4v) is 5.58. The van der Waals surface area contributed by atoms with Crippen LogP contribution in [-0.2, 0) is 20.9 Å². The molecule has 44 heavy (non-hydrogen) atoms. The fourth-order valence-electron chi connectivity index (χ4n) is 4.92. The van der Waals surface area contributed by atoms with Crippen molar-refractivity contribution in [2.24, 2.45) is 17.8 Å². The molecule has 3 N–H and O–H groups in total. The maximum Gasteiger partial charge on any atom is 0.490 e. The molecule has 3 aliphatic rings. The van der Waals surface area contributed by atoms with Crippen molar-refractivity contribution in [3.8, 4) is 0 Å². The molecule has 0 unspecified atom stereocenters. The zero-order valence-corrected chi connectivity index (χ0v) is 24.1. The van der Waals surface area contributed by atoms with Gasteiger partial charge in [0.05, 0.1) is 6.54 Å². The smallest absolute Gasteiger partial charge is 0.475 e. The average molecular weight is 677 g/mol. The largest absolute Gasteiger partial charge is 0.490 e. The standard InChI is InChI=1S/C18H30N4S.3C2HF3O2/c1-20-6-8-21(9-7-20)11-15-3-2-4-16-12-22(13-17(15)16)14-18-19-5-10-23-18;3*3-2(4,5)1(6)7/h5,10,15-17H,2-4,6-9,11-14H2,1H3;3*(H,6,7)/t15-,16+,17+;;;/m0.../s1. The van der Waals surface area contributed by atoms with Gasteiger partial charge in [0.2, 0.25) is 0 Å². The SMILES string of the molecule is CN1CCN(C[C@@H]2CCC[C@@H]3CN(Cc4nccs4)C[C@@H]32)CC1.O=C(O)C(F)(F)F.O=C(O)C(F)(F)F.O=C(O)C(F)(F)F. The van der Waals surface area contributed by atoms with Gasteiger partial charge in [-0.05, 0) is 37.6 Å². The number of carboxylic acid groups (broad SMARTS) is 3. The highest BCUT2D eigenvalue weighted by Gasteiger charge is 2.41. The van der Waals surface area contributed by atoms with Gasteiger partial charge in [0.15, 0.2) is 0 Å². The molecule has 3 atom stereocenters. The van der Waals surface area contributed by atoms with Crippen molar-refractivity contribution in [1.29, 1.82) is 0 Å². The molecule has 1 aliphatic carbocycles. The summed E-state index contributed by atoms with van der Waals surface area (Å²) >= 11 is 1.81. The highest BCUT2D eigenvalue weighted by molar-refractivity contribution is 7.09. The second-order valence-corrected chi connectivity index (χ2v) is 11.2. The summed E-state index contributed by atoms with van der Waals surface area (Å²) in [6, 6.07) is 0. The highest BCUT2D eigenvalue weighted by atomic mass is 32.1. The van der Waals surface area contributed by atoms with Gasteiger partial charge in [-0.2, -0.15) is 39.5 Å². The molecule has 4 rings (SSSR count). The Labute approximate surface area is 250 Å². The number of hydrogen-bond acceptors (Lipinski definition) is 8. The number of aliphatic carboxylic acids is 3. The normalized spacial score (nSPS) is 23.1. The van der Waals surface area contributed by atoms with Crippen LogP contribution in [0.1, 0.15) is 24.3 Å². The van der Waals surface area contributed by atoms with Crippen LogP contribution in [0, 0.1) is 17.8 Å². The number of rotatable bonds is 4. The molecule has 1 aromatic rings. The summed E-state index contributed by atoms with van der Waals surface area (Å²) in [6.07, 6.45) is -8.94. The zero-order chi connectivity index (χ0) is 33.9. The van der Waals surface area contributed by atoms with Crippen molar-refractivity contribution in [3.63, 3.8) is 0 Å². The van der Waals surface area contributed by atoms with Gasteiger partial charge in [-0.1, -0.05) is 6.42 Å². The van der Waals surface area contributed by atoms with Crippen LogP contribution >= 0.6 is 11.3 Å². The fraction of sp³-hybridized carbons (Fsp3) is 0.750. The molecule has 0 spiro atoms. The van der Waals surface area contributed by atoms with Gasteiger partial charge in [0, 0.05) is 57.4 Å². The number of carboxylic acids is 3. The second-order valence-electron chi connectivity index (χ2n) is 10.2. The number of hydrogen-bond donors (Lipinski definition) is 3. The van der Waals surface area contributed by atoms with Gasteiger partial charge in [-0.3, -0.25) is 4.90 Å². The predicted octanol–water partition coefficient (Wildman–Crippen LogP) is 4.14. The van der Waals surface area contributed by atoms with Crippen molar-refractivity contribution in [3.05, 3.63) is 16.6 Å². The molecule has 254 valence electrons. The Morgan fingerprint density at radius 3 is 1.70 bits per heavy atom. The van der Waals surface area contributed by atoms with Crippen LogP contribution in [-0.4, -0.2) is 124 Å². The first kappa shape index (κ1) is 39.3. The van der Waals surface area contributed by atoms with Crippen LogP contribution in [0.5, 0.6) is 0 Å². The monoisotopic (exact) mass is 676 g/mol. The lowest BCUT2D eigenvalue weighted by Gasteiger charge is -2.39. The quantitative estimate of drug-likeness (QED) is 0.400. The van der Waals surface area contributed by atoms with E-state index < -0.39 is 36.4 Å². The maximum atomic E-state index is 10.6. The van der Waals surface area contributed by atoms with E-state index >= 15 is 0 Å². The van der Waals surface area contributed by atoms with Crippen LogP contribution in [0.15, 0.2) is 11.6 Å². The number of thiazole rings is 1. The van der Waals surface area contributed by atoms with Gasteiger partial charge < -0.3 is 25.1 Å². The minimum absolute atomic E-state index is 0.929. The first-order valence-electron chi connectivity index (χ1n) is 13.0. The third-order valence-corrected chi connectivity index (χ3v) is 7.75. The van der Waals surface area contributed by atoms with Gasteiger partial charge in [0.1, 0.15) is 5.01 Å². The molecule has 1 saturated carbocycles. The van der Waals surface area contributed by atoms with E-state index in [0.717, 1.165) is 24.3 Å². The Bertz CT molecular complexity index is 976. The van der Waals surface area contributed by atoms with Crippen LogP contribution in [0.25, 0.3) is 0 Å². The van der Waals surface area contributed by atoms with Crippen LogP contribution in [0.2, 0.25) is 0 Å². The molecule has 0 radical (unpaired) electrons. The lowest BCUT2D eigenvalue weighted by molar-refractivity contribution is -0.193. The summed E-state index contributed by atoms with van der Waals surface area (Å²) in [5.74, 6) is -5.46. The minimum Gasteiger partial charge on any atom is -0.475 e. The first-order valence-corrected chi connectivity index (χ1v) is 13.9. The Morgan fingerprint density at radius 2 is 1.30 bits per heavy atom. The molecule has 2 saturated heterocycles. The van der Waals surface area contributed by atoms with Crippen LogP contribution < -0.4 is 0 Å². The van der Waals surface area contributed by atoms with E-state index in [9.17, 15) is 39.5 Å². The molecular formula is C24H33F9N4O6S. The van der Waals surface area contributed by atoms with Crippen molar-refractivity contribution in [1.82, 2.24) is 19.7 Å². The number of nitrogens with zero attached hydrogens (tertiary/aromatic N) is 4. The lowest BCUT2D eigenvalue weighted by atomic mass is 9.73. The number of likely N-dealkylation sites (tertiary alicyclic amines) is 1. The molecular weight excluding hydrogens is 643 g/mol. The van der Waals surface area contributed by atoms with E-state index in [2.05, 4.69) is 32.1 Å². The van der Waals surface area contributed by atoms with E-state index in [4.69, 9.17) is 29.7 Å². The zero-order valence-electron chi connectivity index (χ0n) is 23.3. The van der Waals surface area contributed by atoms with Crippen LogP contribution in [0.4, 0.5) is 39.5 Å². The van der Waals surface area contributed by atoms with Crippen molar-refractivity contribution >= 4 is 29.2 Å². The molecule has 0 bridgehead atoms. The summed E-state index contributed by atoms with van der Waals surface area (Å²) in [7, 11) is 2.25. The van der Waals surface area contributed by atoms with E-state index in [-0.39, 0.29) is 0 Å². The van der Waals surface area contributed by atoms with Crippen molar-refractivity contribution < 1.29 is 69.2 Å². The average Bonchev–Trinajstić information content (AvgIpc) is 3.55. The topological polar surface area (TPSA) is 135 Å². The van der Waals surface area contributed by atoms with Crippen LogP contribution in [0.3, 0.4) is 0 Å². The molecule has 0 amide bonds. The number of fused-ring (bicyclic) bond motifs is 1. The van der Waals surface area contributed by atoms with Gasteiger partial charge in [-0.25, -0.2) is 19.4 Å². The molecule has 3 heterocycles. The molecule has 10 nitrogen and oxygen atoms in total. The molecule has 3 fully saturated rings. The minimum atomic E-state index is -5.08. The van der Waals surface area contributed by atoms with Gasteiger partial charge in [-0.15, -0.1) is 11.3 Å². The predicted molar refractivity (Wildman–Crippen MR) is 137 cm³/mol. The Balaban J connectivity index is 0.000000379.